The van der Waals surface area contributed by atoms with Crippen LogP contribution in [-0.4, -0.2) is 42.1 Å². The van der Waals surface area contributed by atoms with Gasteiger partial charge < -0.3 is 19.4 Å². The average molecular weight is 507 g/mol. The maximum atomic E-state index is 13.4. The Bertz CT molecular complexity index is 1460. The van der Waals surface area contributed by atoms with Gasteiger partial charge in [-0.1, -0.05) is 24.6 Å². The van der Waals surface area contributed by atoms with Crippen LogP contribution in [0, 0.1) is 10.1 Å². The zero-order valence-corrected chi connectivity index (χ0v) is 20.2. The number of non-ortho nitro benzene ring substituents is 1. The van der Waals surface area contributed by atoms with Crippen LogP contribution in [0.1, 0.15) is 22.8 Å². The van der Waals surface area contributed by atoms with Crippen molar-refractivity contribution in [2.45, 2.75) is 13.3 Å². The third kappa shape index (κ3) is 4.75. The molecule has 0 radical (unpaired) electrons. The predicted octanol–water partition coefficient (Wildman–Crippen LogP) is 5.71. The van der Waals surface area contributed by atoms with E-state index >= 15 is 0 Å². The van der Waals surface area contributed by atoms with Crippen LogP contribution in [0.4, 0.5) is 17.1 Å². The highest BCUT2D eigenvalue weighted by Gasteiger charge is 2.23. The quantitative estimate of drug-likeness (QED) is 0.263. The molecular weight excluding hydrogens is 484 g/mol. The lowest BCUT2D eigenvalue weighted by Crippen LogP contribution is -2.37. The second kappa shape index (κ2) is 9.96. The summed E-state index contributed by atoms with van der Waals surface area (Å²) in [5.74, 6) is -0.112. The van der Waals surface area contributed by atoms with Crippen molar-refractivity contribution >= 4 is 45.7 Å². The summed E-state index contributed by atoms with van der Waals surface area (Å²) in [6, 6.07) is 15.2. The first-order valence-corrected chi connectivity index (χ1v) is 11.9. The summed E-state index contributed by atoms with van der Waals surface area (Å²) >= 11 is 6.40. The van der Waals surface area contributed by atoms with E-state index in [9.17, 15) is 14.9 Å². The van der Waals surface area contributed by atoms with Gasteiger partial charge in [-0.05, 0) is 48.4 Å². The molecule has 3 aromatic carbocycles. The lowest BCUT2D eigenvalue weighted by atomic mass is 10.1. The number of anilines is 2. The molecule has 36 heavy (non-hydrogen) atoms. The van der Waals surface area contributed by atoms with Crippen molar-refractivity contribution in [3.63, 3.8) is 0 Å². The molecule has 9 nitrogen and oxygen atoms in total. The molecule has 1 saturated heterocycles. The molecule has 0 saturated carbocycles. The van der Waals surface area contributed by atoms with Crippen molar-refractivity contribution in [2.24, 2.45) is 0 Å². The number of amides is 1. The first-order chi connectivity index (χ1) is 17.4. The molecule has 1 aliphatic rings. The molecular formula is C26H23ClN4O5. The second-order valence-corrected chi connectivity index (χ2v) is 8.79. The first-order valence-electron chi connectivity index (χ1n) is 11.5. The number of morpholine rings is 1. The lowest BCUT2D eigenvalue weighted by molar-refractivity contribution is -0.384. The normalized spacial score (nSPS) is 13.7. The third-order valence-electron chi connectivity index (χ3n) is 6.11. The zero-order valence-electron chi connectivity index (χ0n) is 19.5. The Balaban J connectivity index is 1.47. The van der Waals surface area contributed by atoms with Crippen LogP contribution < -0.4 is 10.2 Å². The van der Waals surface area contributed by atoms with Crippen LogP contribution >= 0.6 is 11.6 Å². The number of fused-ring (bicyclic) bond motifs is 1. The summed E-state index contributed by atoms with van der Waals surface area (Å²) < 4.78 is 11.3. The van der Waals surface area contributed by atoms with Gasteiger partial charge in [0, 0.05) is 30.8 Å². The number of hydrogen-bond donors (Lipinski definition) is 1. The Labute approximate surface area is 211 Å². The molecule has 1 aliphatic heterocycles. The highest BCUT2D eigenvalue weighted by atomic mass is 35.5. The molecule has 2 heterocycles. The number of nitrogens with one attached hydrogen (secondary N) is 1. The van der Waals surface area contributed by atoms with Gasteiger partial charge in [-0.15, -0.1) is 0 Å². The minimum absolute atomic E-state index is 0.171. The van der Waals surface area contributed by atoms with Crippen LogP contribution in [0.2, 0.25) is 5.02 Å². The van der Waals surface area contributed by atoms with Crippen LogP contribution in [-0.2, 0) is 11.2 Å². The molecule has 0 bridgehead atoms. The number of nitrogens with zero attached hydrogens (tertiary/aromatic N) is 3. The Morgan fingerprint density at radius 3 is 2.69 bits per heavy atom. The number of halogens is 1. The number of oxazole rings is 1. The van der Waals surface area contributed by atoms with Gasteiger partial charge in [-0.2, -0.15) is 0 Å². The van der Waals surface area contributed by atoms with E-state index in [1.165, 1.54) is 12.1 Å². The van der Waals surface area contributed by atoms with Crippen molar-refractivity contribution in [1.82, 2.24) is 4.98 Å². The van der Waals surface area contributed by atoms with Crippen LogP contribution in [0.3, 0.4) is 0 Å². The Morgan fingerprint density at radius 1 is 1.14 bits per heavy atom. The summed E-state index contributed by atoms with van der Waals surface area (Å²) in [6.07, 6.45) is 0.888. The molecule has 184 valence electrons. The average Bonchev–Trinajstić information content (AvgIpc) is 3.33. The molecule has 1 N–H and O–H groups in total. The van der Waals surface area contributed by atoms with E-state index in [-0.39, 0.29) is 11.3 Å². The van der Waals surface area contributed by atoms with Gasteiger partial charge in [0.25, 0.3) is 11.6 Å². The van der Waals surface area contributed by atoms with Crippen LogP contribution in [0.15, 0.2) is 59.0 Å². The van der Waals surface area contributed by atoms with Crippen LogP contribution in [0.25, 0.3) is 22.6 Å². The molecule has 1 amide bonds. The predicted molar refractivity (Wildman–Crippen MR) is 138 cm³/mol. The molecule has 0 atom stereocenters. The van der Waals surface area contributed by atoms with Gasteiger partial charge >= 0.3 is 0 Å². The fourth-order valence-corrected chi connectivity index (χ4v) is 4.32. The van der Waals surface area contributed by atoms with Crippen molar-refractivity contribution in [3.8, 4) is 11.5 Å². The number of rotatable bonds is 6. The summed E-state index contributed by atoms with van der Waals surface area (Å²) in [5, 5.41) is 14.5. The van der Waals surface area contributed by atoms with E-state index in [0.29, 0.717) is 59.7 Å². The maximum Gasteiger partial charge on any atom is 0.270 e. The highest BCUT2D eigenvalue weighted by Crippen LogP contribution is 2.33. The minimum atomic E-state index is -0.523. The van der Waals surface area contributed by atoms with E-state index < -0.39 is 10.8 Å². The van der Waals surface area contributed by atoms with Crippen molar-refractivity contribution in [3.05, 3.63) is 80.9 Å². The van der Waals surface area contributed by atoms with E-state index in [0.717, 1.165) is 17.5 Å². The highest BCUT2D eigenvalue weighted by molar-refractivity contribution is 6.34. The summed E-state index contributed by atoms with van der Waals surface area (Å²) in [4.78, 5) is 30.8. The van der Waals surface area contributed by atoms with E-state index in [2.05, 4.69) is 17.2 Å². The topological polar surface area (TPSA) is 111 Å². The number of aromatic nitrogens is 1. The fraction of sp³-hybridized carbons (Fsp3) is 0.231. The summed E-state index contributed by atoms with van der Waals surface area (Å²) in [7, 11) is 0. The van der Waals surface area contributed by atoms with Gasteiger partial charge in [-0.3, -0.25) is 14.9 Å². The second-order valence-electron chi connectivity index (χ2n) is 8.38. The van der Waals surface area contributed by atoms with E-state index in [4.69, 9.17) is 20.8 Å². The number of hydrogen-bond acceptors (Lipinski definition) is 7. The maximum absolute atomic E-state index is 13.4. The molecule has 0 unspecified atom stereocenters. The standard InChI is InChI=1S/C26H23ClN4O5/c1-2-16-3-8-24-22(13-16)29-26(36-24)17-4-6-20(27)21(14-17)28-25(32)19-15-18(31(33)34)5-7-23(19)30-9-11-35-12-10-30/h3-8,13-15H,2,9-12H2,1H3,(H,28,32). The number of carbonyl (C=O) groups excluding carboxylic acids is 1. The monoisotopic (exact) mass is 506 g/mol. The molecule has 1 aromatic heterocycles. The number of aryl methyl sites for hydroxylation is 1. The van der Waals surface area contributed by atoms with Gasteiger partial charge in [0.2, 0.25) is 5.89 Å². The molecule has 10 heteroatoms. The van der Waals surface area contributed by atoms with Crippen molar-refractivity contribution in [1.29, 1.82) is 0 Å². The third-order valence-corrected chi connectivity index (χ3v) is 6.44. The largest absolute Gasteiger partial charge is 0.436 e. The Kier molecular flexibility index (Phi) is 6.58. The van der Waals surface area contributed by atoms with Crippen molar-refractivity contribution < 1.29 is 18.9 Å². The van der Waals surface area contributed by atoms with Crippen molar-refractivity contribution in [2.75, 3.05) is 36.5 Å². The summed E-state index contributed by atoms with van der Waals surface area (Å²) in [6.45, 7) is 4.24. The zero-order chi connectivity index (χ0) is 25.2. The number of nitro groups is 1. The first kappa shape index (κ1) is 23.8. The summed E-state index contributed by atoms with van der Waals surface area (Å²) in [5.41, 5.74) is 4.15. The molecule has 4 aromatic rings. The Morgan fingerprint density at radius 2 is 1.94 bits per heavy atom. The minimum Gasteiger partial charge on any atom is -0.436 e. The fourth-order valence-electron chi connectivity index (χ4n) is 4.16. The number of carbonyl (C=O) groups is 1. The Hall–Kier alpha value is -3.95. The molecule has 0 aliphatic carbocycles. The number of benzene rings is 3. The van der Waals surface area contributed by atoms with E-state index in [1.807, 2.05) is 23.1 Å². The smallest absolute Gasteiger partial charge is 0.270 e. The molecule has 5 rings (SSSR count). The number of nitro benzene ring substituents is 1. The van der Waals surface area contributed by atoms with Gasteiger partial charge in [-0.25, -0.2) is 4.98 Å². The molecule has 1 fully saturated rings. The van der Waals surface area contributed by atoms with Gasteiger partial charge in [0.05, 0.1) is 40.1 Å². The van der Waals surface area contributed by atoms with E-state index in [1.54, 1.807) is 24.3 Å². The molecule has 0 spiro atoms. The SMILES string of the molecule is CCc1ccc2oc(-c3ccc(Cl)c(NC(=O)c4cc([N+](=O)[O-])ccc4N4CCOCC4)c3)nc2c1. The lowest BCUT2D eigenvalue weighted by Gasteiger charge is -2.30. The van der Waals surface area contributed by atoms with Crippen LogP contribution in [0.5, 0.6) is 0 Å². The number of ether oxygens (including phenoxy) is 1. The van der Waals surface area contributed by atoms with Gasteiger partial charge in [0.15, 0.2) is 5.58 Å². The van der Waals surface area contributed by atoms with Gasteiger partial charge in [0.1, 0.15) is 5.52 Å².